The lowest BCUT2D eigenvalue weighted by molar-refractivity contribution is -0.123. The molecule has 0 aliphatic carbocycles. The molecule has 9 nitrogen and oxygen atoms in total. The van der Waals surface area contributed by atoms with Crippen molar-refractivity contribution in [2.24, 2.45) is 5.73 Å². The molecule has 0 aliphatic rings. The Hall–Kier alpha value is -2.97. The Morgan fingerprint density at radius 3 is 2.65 bits per heavy atom. The van der Waals surface area contributed by atoms with Gasteiger partial charge in [-0.25, -0.2) is 4.79 Å². The number of carbonyl (C=O) groups excluding carboxylic acids is 2. The van der Waals surface area contributed by atoms with Crippen LogP contribution in [0.3, 0.4) is 0 Å². The highest BCUT2D eigenvalue weighted by Gasteiger charge is 2.21. The number of tetrazole rings is 1. The van der Waals surface area contributed by atoms with Crippen molar-refractivity contribution in [3.8, 4) is 0 Å². The van der Waals surface area contributed by atoms with Gasteiger partial charge in [0.05, 0.1) is 6.54 Å². The second kappa shape index (κ2) is 6.27. The van der Waals surface area contributed by atoms with Gasteiger partial charge in [0.25, 0.3) is 0 Å². The predicted octanol–water partition coefficient (Wildman–Crippen LogP) is -0.774. The van der Waals surface area contributed by atoms with Gasteiger partial charge < -0.3 is 16.4 Å². The van der Waals surface area contributed by atoms with E-state index >= 15 is 0 Å². The average molecular weight is 275 g/mol. The van der Waals surface area contributed by atoms with Crippen LogP contribution in [0.15, 0.2) is 30.3 Å². The van der Waals surface area contributed by atoms with Crippen LogP contribution in [0.5, 0.6) is 0 Å². The van der Waals surface area contributed by atoms with Crippen LogP contribution < -0.4 is 16.4 Å². The van der Waals surface area contributed by atoms with E-state index in [1.165, 1.54) is 0 Å². The molecule has 1 aromatic heterocycles. The van der Waals surface area contributed by atoms with E-state index < -0.39 is 18.0 Å². The first kappa shape index (κ1) is 13.5. The van der Waals surface area contributed by atoms with E-state index in [-0.39, 0.29) is 6.54 Å². The highest BCUT2D eigenvalue weighted by molar-refractivity contribution is 5.87. The number of nitrogens with two attached hydrogens (primary N) is 1. The predicted molar refractivity (Wildman–Crippen MR) is 67.9 cm³/mol. The number of urea groups is 1. The number of hydrogen-bond donors (Lipinski definition) is 4. The van der Waals surface area contributed by atoms with Gasteiger partial charge in [0.2, 0.25) is 5.91 Å². The first-order valence-electron chi connectivity index (χ1n) is 5.78. The number of nitrogens with zero attached hydrogens (tertiary/aromatic N) is 3. The molecule has 0 fully saturated rings. The SMILES string of the molecule is NC(=O)NC(C(=O)NCc1nn[nH]n1)c1ccccc1. The van der Waals surface area contributed by atoms with Crippen molar-refractivity contribution in [2.45, 2.75) is 12.6 Å². The Bertz CT molecular complexity index is 570. The summed E-state index contributed by atoms with van der Waals surface area (Å²) in [5.74, 6) is -0.0796. The summed E-state index contributed by atoms with van der Waals surface area (Å²) >= 11 is 0. The van der Waals surface area contributed by atoms with Crippen molar-refractivity contribution in [3.63, 3.8) is 0 Å². The third-order valence-corrected chi connectivity index (χ3v) is 2.49. The molecule has 2 rings (SSSR count). The van der Waals surface area contributed by atoms with E-state index in [0.29, 0.717) is 11.4 Å². The van der Waals surface area contributed by atoms with Crippen LogP contribution >= 0.6 is 0 Å². The van der Waals surface area contributed by atoms with Gasteiger partial charge in [-0.05, 0) is 5.56 Å². The largest absolute Gasteiger partial charge is 0.352 e. The maximum Gasteiger partial charge on any atom is 0.313 e. The Morgan fingerprint density at radius 2 is 2.05 bits per heavy atom. The Kier molecular flexibility index (Phi) is 4.22. The van der Waals surface area contributed by atoms with Gasteiger partial charge in [0.1, 0.15) is 6.04 Å². The van der Waals surface area contributed by atoms with E-state index in [1.807, 2.05) is 6.07 Å². The van der Waals surface area contributed by atoms with Crippen LogP contribution in [0.25, 0.3) is 0 Å². The van der Waals surface area contributed by atoms with Crippen molar-refractivity contribution >= 4 is 11.9 Å². The molecule has 1 aromatic carbocycles. The monoisotopic (exact) mass is 275 g/mol. The molecule has 104 valence electrons. The molecule has 1 heterocycles. The maximum absolute atomic E-state index is 12.1. The van der Waals surface area contributed by atoms with Crippen LogP contribution in [0.2, 0.25) is 0 Å². The van der Waals surface area contributed by atoms with E-state index in [2.05, 4.69) is 31.3 Å². The molecule has 1 atom stereocenters. The Morgan fingerprint density at radius 1 is 1.30 bits per heavy atom. The molecule has 9 heteroatoms. The normalized spacial score (nSPS) is 11.6. The fraction of sp³-hybridized carbons (Fsp3) is 0.182. The van der Waals surface area contributed by atoms with Gasteiger partial charge in [0, 0.05) is 0 Å². The molecule has 0 radical (unpaired) electrons. The Labute approximate surface area is 113 Å². The van der Waals surface area contributed by atoms with Gasteiger partial charge in [-0.2, -0.15) is 5.21 Å². The standard InChI is InChI=1S/C11H13N7O2/c12-11(20)14-9(7-4-2-1-3-5-7)10(19)13-6-8-15-17-18-16-8/h1-5,9H,6H2,(H,13,19)(H3,12,14,20)(H,15,16,17,18). The van der Waals surface area contributed by atoms with E-state index in [1.54, 1.807) is 24.3 Å². The summed E-state index contributed by atoms with van der Waals surface area (Å²) < 4.78 is 0. The Balaban J connectivity index is 2.06. The zero-order valence-corrected chi connectivity index (χ0v) is 10.4. The summed E-state index contributed by atoms with van der Waals surface area (Å²) in [7, 11) is 0. The summed E-state index contributed by atoms with van der Waals surface area (Å²) in [6, 6.07) is 7.11. The quantitative estimate of drug-likeness (QED) is 0.567. The summed E-state index contributed by atoms with van der Waals surface area (Å²) in [5, 5.41) is 18.0. The van der Waals surface area contributed by atoms with Crippen LogP contribution in [-0.2, 0) is 11.3 Å². The molecular formula is C11H13N7O2. The molecule has 0 spiro atoms. The summed E-state index contributed by atoms with van der Waals surface area (Å²) in [5.41, 5.74) is 5.71. The first-order valence-corrected chi connectivity index (χ1v) is 5.78. The number of H-pyrrole nitrogens is 1. The van der Waals surface area contributed by atoms with Crippen LogP contribution in [0.1, 0.15) is 17.4 Å². The number of aromatic amines is 1. The summed E-state index contributed by atoms with van der Waals surface area (Å²) in [6.45, 7) is 0.0963. The van der Waals surface area contributed by atoms with Crippen LogP contribution in [0.4, 0.5) is 4.79 Å². The number of hydrogen-bond acceptors (Lipinski definition) is 5. The smallest absolute Gasteiger partial charge is 0.313 e. The minimum absolute atomic E-state index is 0.0963. The van der Waals surface area contributed by atoms with Gasteiger partial charge in [-0.15, -0.1) is 10.2 Å². The number of aromatic nitrogens is 4. The molecule has 0 saturated carbocycles. The number of primary amides is 1. The lowest BCUT2D eigenvalue weighted by Crippen LogP contribution is -2.42. The zero-order valence-electron chi connectivity index (χ0n) is 10.4. The molecule has 0 aliphatic heterocycles. The fourth-order valence-corrected chi connectivity index (χ4v) is 1.61. The van der Waals surface area contributed by atoms with Gasteiger partial charge in [-0.1, -0.05) is 35.5 Å². The minimum atomic E-state index is -0.874. The molecule has 5 N–H and O–H groups in total. The van der Waals surface area contributed by atoms with Crippen molar-refractivity contribution in [1.29, 1.82) is 0 Å². The molecule has 0 bridgehead atoms. The molecule has 3 amide bonds. The van der Waals surface area contributed by atoms with Gasteiger partial charge in [0.15, 0.2) is 5.82 Å². The van der Waals surface area contributed by atoms with Crippen molar-refractivity contribution in [3.05, 3.63) is 41.7 Å². The third kappa shape index (κ3) is 3.51. The van der Waals surface area contributed by atoms with Gasteiger partial charge >= 0.3 is 6.03 Å². The summed E-state index contributed by atoms with van der Waals surface area (Å²) in [4.78, 5) is 23.1. The highest BCUT2D eigenvalue weighted by atomic mass is 16.2. The molecule has 20 heavy (non-hydrogen) atoms. The molecular weight excluding hydrogens is 262 g/mol. The number of nitrogens with one attached hydrogen (secondary N) is 3. The number of benzene rings is 1. The van der Waals surface area contributed by atoms with Crippen LogP contribution in [0, 0.1) is 0 Å². The lowest BCUT2D eigenvalue weighted by Gasteiger charge is -2.17. The topological polar surface area (TPSA) is 139 Å². The highest BCUT2D eigenvalue weighted by Crippen LogP contribution is 2.12. The zero-order chi connectivity index (χ0) is 14.4. The number of rotatable bonds is 5. The second-order valence-electron chi connectivity index (χ2n) is 3.90. The minimum Gasteiger partial charge on any atom is -0.352 e. The molecule has 0 saturated heterocycles. The van der Waals surface area contributed by atoms with Crippen LogP contribution in [-0.4, -0.2) is 32.6 Å². The van der Waals surface area contributed by atoms with Gasteiger partial charge in [-0.3, -0.25) is 4.79 Å². The fourth-order valence-electron chi connectivity index (χ4n) is 1.61. The van der Waals surface area contributed by atoms with E-state index in [0.717, 1.165) is 0 Å². The molecule has 1 unspecified atom stereocenters. The molecule has 2 aromatic rings. The number of carbonyl (C=O) groups is 2. The van der Waals surface area contributed by atoms with Crippen molar-refractivity contribution < 1.29 is 9.59 Å². The number of amides is 3. The lowest BCUT2D eigenvalue weighted by atomic mass is 10.1. The maximum atomic E-state index is 12.1. The summed E-state index contributed by atoms with van der Waals surface area (Å²) in [6.07, 6.45) is 0. The second-order valence-corrected chi connectivity index (χ2v) is 3.90. The van der Waals surface area contributed by atoms with E-state index in [9.17, 15) is 9.59 Å². The van der Waals surface area contributed by atoms with E-state index in [4.69, 9.17) is 5.73 Å². The van der Waals surface area contributed by atoms with Crippen molar-refractivity contribution in [2.75, 3.05) is 0 Å². The van der Waals surface area contributed by atoms with Crippen molar-refractivity contribution in [1.82, 2.24) is 31.3 Å². The average Bonchev–Trinajstić information content (AvgIpc) is 2.96. The first-order chi connectivity index (χ1) is 9.66. The third-order valence-electron chi connectivity index (χ3n) is 2.49.